The summed E-state index contributed by atoms with van der Waals surface area (Å²) in [5.74, 6) is 0.665. The van der Waals surface area contributed by atoms with Gasteiger partial charge in [0.25, 0.3) is 10.0 Å². The van der Waals surface area contributed by atoms with E-state index in [9.17, 15) is 13.2 Å². The molecule has 4 aromatic rings. The number of esters is 1. The molecule has 0 bridgehead atoms. The fraction of sp³-hybridized carbons (Fsp3) is 0.0714. The van der Waals surface area contributed by atoms with Crippen molar-refractivity contribution in [3.8, 4) is 11.5 Å². The lowest BCUT2D eigenvalue weighted by Crippen LogP contribution is -2.30. The van der Waals surface area contributed by atoms with Crippen LogP contribution in [0.25, 0.3) is 0 Å². The fourth-order valence-corrected chi connectivity index (χ4v) is 5.69. The monoisotopic (exact) mass is 566 g/mol. The molecule has 192 valence electrons. The van der Waals surface area contributed by atoms with Gasteiger partial charge < -0.3 is 14.4 Å². The summed E-state index contributed by atoms with van der Waals surface area (Å²) in [5.41, 5.74) is 2.25. The van der Waals surface area contributed by atoms with E-state index in [1.807, 2.05) is 24.3 Å². The molecule has 0 atom stereocenters. The van der Waals surface area contributed by atoms with Crippen molar-refractivity contribution in [2.24, 2.45) is 4.40 Å². The maximum Gasteiger partial charge on any atom is 0.345 e. The molecule has 0 fully saturated rings. The van der Waals surface area contributed by atoms with Crippen LogP contribution in [0, 0.1) is 0 Å². The summed E-state index contributed by atoms with van der Waals surface area (Å²) in [5, 5.41) is 0.593. The van der Waals surface area contributed by atoms with Gasteiger partial charge >= 0.3 is 5.97 Å². The van der Waals surface area contributed by atoms with Gasteiger partial charge in [0.1, 0.15) is 16.4 Å². The highest BCUT2D eigenvalue weighted by Crippen LogP contribution is 2.32. The SMILES string of the molecule is COc1ccc(CN(C2=NS(=O)(=O)c3ccccc32)c2ccc(OC(=O)c3ccc(Cl)cc3Cl)cc2)cc1. The Hall–Kier alpha value is -3.85. The van der Waals surface area contributed by atoms with Gasteiger partial charge in [0.15, 0.2) is 5.84 Å². The molecular formula is C28H20Cl2N2O5S. The first kappa shape index (κ1) is 25.8. The number of sulfonamides is 1. The number of benzene rings is 4. The Kier molecular flexibility index (Phi) is 7.12. The number of anilines is 1. The zero-order chi connectivity index (χ0) is 26.9. The van der Waals surface area contributed by atoms with Crippen molar-refractivity contribution in [2.75, 3.05) is 12.0 Å². The third-order valence-corrected chi connectivity index (χ3v) is 7.75. The van der Waals surface area contributed by atoms with Gasteiger partial charge in [0.05, 0.1) is 17.7 Å². The number of hydrogen-bond donors (Lipinski definition) is 0. The highest BCUT2D eigenvalue weighted by atomic mass is 35.5. The molecule has 0 aromatic heterocycles. The number of nitrogens with zero attached hydrogens (tertiary/aromatic N) is 2. The standard InChI is InChI=1S/C28H20Cl2N2O5S/c1-36-21-11-6-18(7-12-21)17-32(27-24-4-2-3-5-26(24)38(34,35)31-27)20-9-13-22(14-10-20)37-28(33)23-15-8-19(29)16-25(23)30/h2-16H,17H2,1H3. The van der Waals surface area contributed by atoms with Gasteiger partial charge in [-0.15, -0.1) is 4.40 Å². The first-order chi connectivity index (χ1) is 18.2. The molecular weight excluding hydrogens is 547 g/mol. The predicted octanol–water partition coefficient (Wildman–Crippen LogP) is 6.38. The summed E-state index contributed by atoms with van der Waals surface area (Å²) in [7, 11) is -2.25. The number of ether oxygens (including phenoxy) is 2. The highest BCUT2D eigenvalue weighted by Gasteiger charge is 2.32. The summed E-state index contributed by atoms with van der Waals surface area (Å²) >= 11 is 12.0. The van der Waals surface area contributed by atoms with Crippen LogP contribution >= 0.6 is 23.2 Å². The molecule has 1 heterocycles. The second kappa shape index (κ2) is 10.5. The van der Waals surface area contributed by atoms with Gasteiger partial charge in [-0.05, 0) is 72.3 Å². The Morgan fingerprint density at radius 1 is 0.895 bits per heavy atom. The van der Waals surface area contributed by atoms with E-state index in [0.29, 0.717) is 34.4 Å². The van der Waals surface area contributed by atoms with Crippen LogP contribution < -0.4 is 14.4 Å². The van der Waals surface area contributed by atoms with Crippen molar-refractivity contribution in [1.29, 1.82) is 0 Å². The predicted molar refractivity (Wildman–Crippen MR) is 147 cm³/mol. The molecule has 0 aliphatic carbocycles. The fourth-order valence-electron chi connectivity index (χ4n) is 4.00. The van der Waals surface area contributed by atoms with E-state index in [-0.39, 0.29) is 21.2 Å². The maximum atomic E-state index is 12.8. The Bertz CT molecular complexity index is 1650. The van der Waals surface area contributed by atoms with Gasteiger partial charge in [0, 0.05) is 22.8 Å². The van der Waals surface area contributed by atoms with Crippen LogP contribution in [0.3, 0.4) is 0 Å². The number of carbonyl (C=O) groups excluding carboxylic acids is 1. The molecule has 0 amide bonds. The van der Waals surface area contributed by atoms with Crippen molar-refractivity contribution in [2.45, 2.75) is 11.4 Å². The number of methoxy groups -OCH3 is 1. The second-order valence-electron chi connectivity index (χ2n) is 8.33. The van der Waals surface area contributed by atoms with Crippen LogP contribution in [-0.4, -0.2) is 27.3 Å². The molecule has 7 nitrogen and oxygen atoms in total. The molecule has 0 unspecified atom stereocenters. The zero-order valence-corrected chi connectivity index (χ0v) is 22.3. The molecule has 1 aliphatic heterocycles. The van der Waals surface area contributed by atoms with Crippen molar-refractivity contribution in [1.82, 2.24) is 0 Å². The largest absolute Gasteiger partial charge is 0.497 e. The Balaban J connectivity index is 1.47. The third kappa shape index (κ3) is 5.24. The third-order valence-electron chi connectivity index (χ3n) is 5.88. The Labute approximate surface area is 229 Å². The lowest BCUT2D eigenvalue weighted by Gasteiger charge is -2.25. The van der Waals surface area contributed by atoms with Crippen molar-refractivity contribution >= 4 is 50.7 Å². The molecule has 38 heavy (non-hydrogen) atoms. The minimum Gasteiger partial charge on any atom is -0.497 e. The van der Waals surface area contributed by atoms with Crippen LogP contribution in [0.4, 0.5) is 5.69 Å². The summed E-state index contributed by atoms with van der Waals surface area (Å²) in [6.45, 7) is 0.326. The Morgan fingerprint density at radius 3 is 2.26 bits per heavy atom. The molecule has 4 aromatic carbocycles. The average Bonchev–Trinajstić information content (AvgIpc) is 3.18. The van der Waals surface area contributed by atoms with Gasteiger partial charge in [-0.2, -0.15) is 8.42 Å². The molecule has 5 rings (SSSR count). The minimum absolute atomic E-state index is 0.153. The number of hydrogen-bond acceptors (Lipinski definition) is 6. The lowest BCUT2D eigenvalue weighted by molar-refractivity contribution is 0.0735. The molecule has 0 saturated carbocycles. The van der Waals surface area contributed by atoms with E-state index >= 15 is 0 Å². The van der Waals surface area contributed by atoms with E-state index in [1.165, 1.54) is 18.2 Å². The van der Waals surface area contributed by atoms with E-state index < -0.39 is 16.0 Å². The number of fused-ring (bicyclic) bond motifs is 1. The zero-order valence-electron chi connectivity index (χ0n) is 20.0. The second-order valence-corrected chi connectivity index (χ2v) is 10.7. The van der Waals surface area contributed by atoms with Crippen LogP contribution in [0.15, 0.2) is 100 Å². The first-order valence-electron chi connectivity index (χ1n) is 11.4. The van der Waals surface area contributed by atoms with Gasteiger partial charge in [-0.1, -0.05) is 47.5 Å². The molecule has 0 saturated heterocycles. The van der Waals surface area contributed by atoms with Gasteiger partial charge in [0.2, 0.25) is 0 Å². The molecule has 0 radical (unpaired) electrons. The molecule has 0 N–H and O–H groups in total. The molecule has 0 spiro atoms. The lowest BCUT2D eigenvalue weighted by atomic mass is 10.1. The maximum absolute atomic E-state index is 12.8. The van der Waals surface area contributed by atoms with Crippen LogP contribution in [-0.2, 0) is 16.6 Å². The minimum atomic E-state index is -3.84. The number of rotatable bonds is 6. The summed E-state index contributed by atoms with van der Waals surface area (Å²) in [6.07, 6.45) is 0. The van der Waals surface area contributed by atoms with Gasteiger partial charge in [-0.3, -0.25) is 0 Å². The summed E-state index contributed by atoms with van der Waals surface area (Å²) < 4.78 is 40.4. The van der Waals surface area contributed by atoms with Gasteiger partial charge in [-0.25, -0.2) is 4.79 Å². The van der Waals surface area contributed by atoms with Crippen molar-refractivity contribution < 1.29 is 22.7 Å². The number of amidine groups is 1. The van der Waals surface area contributed by atoms with E-state index in [4.69, 9.17) is 32.7 Å². The quantitative estimate of drug-likeness (QED) is 0.199. The smallest absolute Gasteiger partial charge is 0.345 e. The highest BCUT2D eigenvalue weighted by molar-refractivity contribution is 7.90. The topological polar surface area (TPSA) is 85.3 Å². The van der Waals surface area contributed by atoms with E-state index in [0.717, 1.165) is 5.56 Å². The van der Waals surface area contributed by atoms with Crippen LogP contribution in [0.2, 0.25) is 10.0 Å². The summed E-state index contributed by atoms with van der Waals surface area (Å²) in [4.78, 5) is 14.6. The van der Waals surface area contributed by atoms with E-state index in [2.05, 4.69) is 4.40 Å². The van der Waals surface area contributed by atoms with E-state index in [1.54, 1.807) is 60.5 Å². The normalized spacial score (nSPS) is 13.4. The van der Waals surface area contributed by atoms with Crippen molar-refractivity contribution in [3.63, 3.8) is 0 Å². The average molecular weight is 567 g/mol. The van der Waals surface area contributed by atoms with Crippen LogP contribution in [0.5, 0.6) is 11.5 Å². The first-order valence-corrected chi connectivity index (χ1v) is 13.6. The Morgan fingerprint density at radius 2 is 1.58 bits per heavy atom. The van der Waals surface area contributed by atoms with Crippen molar-refractivity contribution in [3.05, 3.63) is 118 Å². The number of halogens is 2. The summed E-state index contributed by atoms with van der Waals surface area (Å²) in [6, 6.07) is 25.4. The molecule has 1 aliphatic rings. The van der Waals surface area contributed by atoms with Crippen LogP contribution in [0.1, 0.15) is 21.5 Å². The number of carbonyl (C=O) groups is 1. The molecule has 10 heteroatoms.